The van der Waals surface area contributed by atoms with E-state index in [1.54, 1.807) is 11.3 Å². The number of rotatable bonds is 4. The summed E-state index contributed by atoms with van der Waals surface area (Å²) in [6, 6.07) is 6.16. The van der Waals surface area contributed by atoms with E-state index in [1.165, 1.54) is 4.88 Å². The molecule has 0 unspecified atom stereocenters. The first-order chi connectivity index (χ1) is 11.1. The predicted molar refractivity (Wildman–Crippen MR) is 92.8 cm³/mol. The van der Waals surface area contributed by atoms with E-state index in [0.29, 0.717) is 11.6 Å². The van der Waals surface area contributed by atoms with Gasteiger partial charge in [0, 0.05) is 43.3 Å². The van der Waals surface area contributed by atoms with Crippen LogP contribution in [0.5, 0.6) is 0 Å². The first kappa shape index (κ1) is 16.2. The summed E-state index contributed by atoms with van der Waals surface area (Å²) in [4.78, 5) is 18.4. The molecule has 1 saturated heterocycles. The number of amides is 1. The smallest absolute Gasteiger partial charge is 0.274 e. The van der Waals surface area contributed by atoms with Crippen molar-refractivity contribution in [3.8, 4) is 0 Å². The van der Waals surface area contributed by atoms with Crippen LogP contribution in [-0.2, 0) is 6.54 Å². The number of hydrogen-bond donors (Lipinski definition) is 1. The molecule has 23 heavy (non-hydrogen) atoms. The third-order valence-electron chi connectivity index (χ3n) is 4.27. The maximum atomic E-state index is 12.6. The molecule has 1 aliphatic heterocycles. The summed E-state index contributed by atoms with van der Waals surface area (Å²) in [5.41, 5.74) is 1.56. The summed E-state index contributed by atoms with van der Waals surface area (Å²) in [5, 5.41) is 9.29. The largest absolute Gasteiger partial charge is 0.336 e. The van der Waals surface area contributed by atoms with Gasteiger partial charge in [-0.25, -0.2) is 0 Å². The fraction of sp³-hybridized carbons (Fsp3) is 0.529. The van der Waals surface area contributed by atoms with Crippen molar-refractivity contribution in [2.24, 2.45) is 0 Å². The summed E-state index contributed by atoms with van der Waals surface area (Å²) in [6.45, 7) is 8.72. The zero-order valence-corrected chi connectivity index (χ0v) is 14.6. The molecule has 0 spiro atoms. The van der Waals surface area contributed by atoms with Crippen LogP contribution in [0.3, 0.4) is 0 Å². The lowest BCUT2D eigenvalue weighted by Gasteiger charge is -2.21. The monoisotopic (exact) mass is 332 g/mol. The Bertz CT molecular complexity index is 635. The molecule has 1 N–H and O–H groups in total. The van der Waals surface area contributed by atoms with E-state index in [-0.39, 0.29) is 5.91 Å². The second-order valence-electron chi connectivity index (χ2n) is 6.36. The van der Waals surface area contributed by atoms with E-state index in [0.717, 1.165) is 44.8 Å². The number of aromatic amines is 1. The molecule has 0 radical (unpaired) electrons. The Morgan fingerprint density at radius 1 is 1.35 bits per heavy atom. The SMILES string of the molecule is CC(C)c1cc(C(=O)N2CCCN(Cc3cccs3)CC2)n[nH]1. The van der Waals surface area contributed by atoms with E-state index in [9.17, 15) is 4.79 Å². The number of nitrogens with one attached hydrogen (secondary N) is 1. The Kier molecular flexibility index (Phi) is 5.13. The Labute approximate surface area is 141 Å². The molecule has 2 aromatic rings. The molecule has 5 nitrogen and oxygen atoms in total. The van der Waals surface area contributed by atoms with Crippen LogP contribution in [0, 0.1) is 0 Å². The lowest BCUT2D eigenvalue weighted by Crippen LogP contribution is -2.35. The molecule has 0 atom stereocenters. The van der Waals surface area contributed by atoms with Gasteiger partial charge in [0.15, 0.2) is 0 Å². The van der Waals surface area contributed by atoms with E-state index in [4.69, 9.17) is 0 Å². The summed E-state index contributed by atoms with van der Waals surface area (Å²) in [5.74, 6) is 0.403. The Morgan fingerprint density at radius 3 is 2.91 bits per heavy atom. The van der Waals surface area contributed by atoms with Crippen LogP contribution in [0.15, 0.2) is 23.6 Å². The van der Waals surface area contributed by atoms with Gasteiger partial charge in [-0.1, -0.05) is 19.9 Å². The van der Waals surface area contributed by atoms with Crippen LogP contribution < -0.4 is 0 Å². The van der Waals surface area contributed by atoms with Gasteiger partial charge in [-0.15, -0.1) is 11.3 Å². The van der Waals surface area contributed by atoms with Crippen molar-refractivity contribution in [2.45, 2.75) is 32.7 Å². The second-order valence-corrected chi connectivity index (χ2v) is 7.40. The Hall–Kier alpha value is -1.66. The molecule has 0 aliphatic carbocycles. The minimum atomic E-state index is 0.0473. The molecule has 6 heteroatoms. The number of carbonyl (C=O) groups is 1. The van der Waals surface area contributed by atoms with E-state index in [1.807, 2.05) is 11.0 Å². The third kappa shape index (κ3) is 4.00. The fourth-order valence-electron chi connectivity index (χ4n) is 2.86. The average Bonchev–Trinajstić information content (AvgIpc) is 3.16. The molecule has 124 valence electrons. The normalized spacial score (nSPS) is 16.7. The molecule has 1 amide bonds. The highest BCUT2D eigenvalue weighted by Crippen LogP contribution is 2.16. The Morgan fingerprint density at radius 2 is 2.22 bits per heavy atom. The number of hydrogen-bond acceptors (Lipinski definition) is 4. The molecule has 1 aliphatic rings. The van der Waals surface area contributed by atoms with Gasteiger partial charge in [0.05, 0.1) is 0 Å². The number of carbonyl (C=O) groups excluding carboxylic acids is 1. The highest BCUT2D eigenvalue weighted by Gasteiger charge is 2.22. The van der Waals surface area contributed by atoms with Crippen molar-refractivity contribution in [3.05, 3.63) is 39.8 Å². The van der Waals surface area contributed by atoms with Crippen molar-refractivity contribution in [3.63, 3.8) is 0 Å². The fourth-order valence-corrected chi connectivity index (χ4v) is 3.61. The molecule has 1 fully saturated rings. The van der Waals surface area contributed by atoms with Gasteiger partial charge in [0.2, 0.25) is 0 Å². The van der Waals surface area contributed by atoms with Gasteiger partial charge in [0.1, 0.15) is 5.69 Å². The third-order valence-corrected chi connectivity index (χ3v) is 5.14. The van der Waals surface area contributed by atoms with Gasteiger partial charge < -0.3 is 4.90 Å². The van der Waals surface area contributed by atoms with Crippen LogP contribution in [0.1, 0.15) is 47.2 Å². The maximum Gasteiger partial charge on any atom is 0.274 e. The molecule has 0 saturated carbocycles. The summed E-state index contributed by atoms with van der Waals surface area (Å²) in [7, 11) is 0. The zero-order valence-electron chi connectivity index (χ0n) is 13.8. The molecule has 3 rings (SSSR count). The minimum absolute atomic E-state index is 0.0473. The van der Waals surface area contributed by atoms with Gasteiger partial charge >= 0.3 is 0 Å². The van der Waals surface area contributed by atoms with Crippen molar-refractivity contribution in [2.75, 3.05) is 26.2 Å². The lowest BCUT2D eigenvalue weighted by molar-refractivity contribution is 0.0755. The summed E-state index contributed by atoms with van der Waals surface area (Å²) >= 11 is 1.80. The van der Waals surface area contributed by atoms with Crippen LogP contribution in [-0.4, -0.2) is 52.1 Å². The first-order valence-electron chi connectivity index (χ1n) is 8.23. The van der Waals surface area contributed by atoms with Gasteiger partial charge in [-0.05, 0) is 29.9 Å². The van der Waals surface area contributed by atoms with Gasteiger partial charge in [-0.3, -0.25) is 14.8 Å². The summed E-state index contributed by atoms with van der Waals surface area (Å²) < 4.78 is 0. The highest BCUT2D eigenvalue weighted by molar-refractivity contribution is 7.09. The molecular weight excluding hydrogens is 308 g/mol. The van der Waals surface area contributed by atoms with Crippen molar-refractivity contribution in [1.29, 1.82) is 0 Å². The average molecular weight is 332 g/mol. The van der Waals surface area contributed by atoms with Crippen molar-refractivity contribution in [1.82, 2.24) is 20.0 Å². The number of thiophene rings is 1. The van der Waals surface area contributed by atoms with Crippen LogP contribution in [0.25, 0.3) is 0 Å². The number of H-pyrrole nitrogens is 1. The first-order valence-corrected chi connectivity index (χ1v) is 9.11. The maximum absolute atomic E-state index is 12.6. The summed E-state index contributed by atoms with van der Waals surface area (Å²) in [6.07, 6.45) is 1.01. The zero-order chi connectivity index (χ0) is 16.2. The topological polar surface area (TPSA) is 52.2 Å². The van der Waals surface area contributed by atoms with Gasteiger partial charge in [-0.2, -0.15) is 5.10 Å². The number of nitrogens with zero attached hydrogens (tertiary/aromatic N) is 3. The number of aromatic nitrogens is 2. The van der Waals surface area contributed by atoms with Crippen molar-refractivity contribution >= 4 is 17.2 Å². The Balaban J connectivity index is 1.59. The van der Waals surface area contributed by atoms with Crippen molar-refractivity contribution < 1.29 is 4.79 Å². The molecular formula is C17H24N4OS. The van der Waals surface area contributed by atoms with Crippen LogP contribution >= 0.6 is 11.3 Å². The van der Waals surface area contributed by atoms with Gasteiger partial charge in [0.25, 0.3) is 5.91 Å². The minimum Gasteiger partial charge on any atom is -0.336 e. The van der Waals surface area contributed by atoms with E-state index in [2.05, 4.69) is 46.5 Å². The molecule has 0 bridgehead atoms. The highest BCUT2D eigenvalue weighted by atomic mass is 32.1. The molecule has 3 heterocycles. The van der Waals surface area contributed by atoms with E-state index < -0.39 is 0 Å². The van der Waals surface area contributed by atoms with Crippen LogP contribution in [0.4, 0.5) is 0 Å². The second kappa shape index (κ2) is 7.27. The standard InChI is InChI=1S/C17H24N4OS/c1-13(2)15-11-16(19-18-15)17(22)21-7-4-6-20(8-9-21)12-14-5-3-10-23-14/h3,5,10-11,13H,4,6-9,12H2,1-2H3,(H,18,19). The quantitative estimate of drug-likeness (QED) is 0.936. The molecule has 2 aromatic heterocycles. The predicted octanol–water partition coefficient (Wildman–Crippen LogP) is 2.94. The van der Waals surface area contributed by atoms with E-state index >= 15 is 0 Å². The lowest BCUT2D eigenvalue weighted by atomic mass is 10.1. The van der Waals surface area contributed by atoms with Crippen LogP contribution in [0.2, 0.25) is 0 Å². The molecule has 0 aromatic carbocycles.